The van der Waals surface area contributed by atoms with Gasteiger partial charge in [0, 0.05) is 32.3 Å². The maximum absolute atomic E-state index is 9.11. The van der Waals surface area contributed by atoms with Crippen LogP contribution in [0.1, 0.15) is 12.8 Å². The maximum atomic E-state index is 9.11. The van der Waals surface area contributed by atoms with Gasteiger partial charge in [-0.05, 0) is 12.8 Å². The van der Waals surface area contributed by atoms with Crippen LogP contribution in [0.3, 0.4) is 0 Å². The fraction of sp³-hybridized carbons (Fsp3) is 1.00. The van der Waals surface area contributed by atoms with Gasteiger partial charge in [0.15, 0.2) is 0 Å². The molecule has 0 spiro atoms. The SMILES string of the molecule is COCCN(C(CN)CO)C1CC1. The van der Waals surface area contributed by atoms with Crippen molar-refractivity contribution in [2.24, 2.45) is 5.73 Å². The molecule has 78 valence electrons. The Balaban J connectivity index is 2.34. The van der Waals surface area contributed by atoms with E-state index in [4.69, 9.17) is 15.6 Å². The molecule has 1 rings (SSSR count). The van der Waals surface area contributed by atoms with Crippen molar-refractivity contribution in [2.45, 2.75) is 24.9 Å². The highest BCUT2D eigenvalue weighted by molar-refractivity contribution is 4.88. The van der Waals surface area contributed by atoms with E-state index in [0.717, 1.165) is 6.54 Å². The van der Waals surface area contributed by atoms with E-state index in [1.54, 1.807) is 7.11 Å². The molecule has 0 heterocycles. The molecule has 1 atom stereocenters. The Hall–Kier alpha value is -0.160. The van der Waals surface area contributed by atoms with Crippen molar-refractivity contribution in [1.29, 1.82) is 0 Å². The molecule has 0 saturated heterocycles. The van der Waals surface area contributed by atoms with Crippen LogP contribution in [0.5, 0.6) is 0 Å². The van der Waals surface area contributed by atoms with Gasteiger partial charge in [-0.15, -0.1) is 0 Å². The Morgan fingerprint density at radius 3 is 2.69 bits per heavy atom. The first-order chi connectivity index (χ1) is 6.33. The first-order valence-corrected chi connectivity index (χ1v) is 4.89. The first-order valence-electron chi connectivity index (χ1n) is 4.89. The molecule has 0 aromatic heterocycles. The molecule has 0 amide bonds. The van der Waals surface area contributed by atoms with Crippen molar-refractivity contribution in [3.05, 3.63) is 0 Å². The monoisotopic (exact) mass is 188 g/mol. The van der Waals surface area contributed by atoms with Crippen molar-refractivity contribution in [3.8, 4) is 0 Å². The zero-order valence-corrected chi connectivity index (χ0v) is 8.28. The average Bonchev–Trinajstić information content (AvgIpc) is 2.95. The standard InChI is InChI=1S/C9H20N2O2/c1-13-5-4-11(8-2-3-8)9(6-10)7-12/h8-9,12H,2-7,10H2,1H3. The van der Waals surface area contributed by atoms with Crippen molar-refractivity contribution in [1.82, 2.24) is 4.90 Å². The Morgan fingerprint density at radius 2 is 2.31 bits per heavy atom. The summed E-state index contributed by atoms with van der Waals surface area (Å²) in [7, 11) is 1.70. The van der Waals surface area contributed by atoms with Crippen molar-refractivity contribution >= 4 is 0 Å². The molecule has 4 nitrogen and oxygen atoms in total. The summed E-state index contributed by atoms with van der Waals surface area (Å²) in [5.41, 5.74) is 5.58. The number of hydrogen-bond donors (Lipinski definition) is 2. The van der Waals surface area contributed by atoms with E-state index < -0.39 is 0 Å². The summed E-state index contributed by atoms with van der Waals surface area (Å²) in [5.74, 6) is 0. The number of nitrogens with two attached hydrogens (primary N) is 1. The lowest BCUT2D eigenvalue weighted by Crippen LogP contribution is -2.46. The van der Waals surface area contributed by atoms with Gasteiger partial charge in [-0.3, -0.25) is 4.90 Å². The number of methoxy groups -OCH3 is 1. The smallest absolute Gasteiger partial charge is 0.0599 e. The van der Waals surface area contributed by atoms with Crippen LogP contribution in [0.15, 0.2) is 0 Å². The average molecular weight is 188 g/mol. The number of aliphatic hydroxyl groups is 1. The lowest BCUT2D eigenvalue weighted by atomic mass is 10.2. The summed E-state index contributed by atoms with van der Waals surface area (Å²) in [6, 6.07) is 0.749. The van der Waals surface area contributed by atoms with Crippen LogP contribution in [0.2, 0.25) is 0 Å². The van der Waals surface area contributed by atoms with E-state index in [1.165, 1.54) is 12.8 Å². The van der Waals surface area contributed by atoms with Crippen LogP contribution in [-0.4, -0.2) is 55.5 Å². The number of nitrogens with zero attached hydrogens (tertiary/aromatic N) is 1. The topological polar surface area (TPSA) is 58.7 Å². The van der Waals surface area contributed by atoms with Gasteiger partial charge in [-0.25, -0.2) is 0 Å². The molecule has 1 saturated carbocycles. The molecule has 1 unspecified atom stereocenters. The molecule has 1 fully saturated rings. The van der Waals surface area contributed by atoms with Gasteiger partial charge in [-0.2, -0.15) is 0 Å². The van der Waals surface area contributed by atoms with Crippen LogP contribution in [0.25, 0.3) is 0 Å². The lowest BCUT2D eigenvalue weighted by Gasteiger charge is -2.29. The second kappa shape index (κ2) is 5.54. The molecule has 0 aliphatic heterocycles. The molecule has 13 heavy (non-hydrogen) atoms. The van der Waals surface area contributed by atoms with Gasteiger partial charge in [0.1, 0.15) is 0 Å². The summed E-state index contributed by atoms with van der Waals surface area (Å²) >= 11 is 0. The van der Waals surface area contributed by atoms with Crippen LogP contribution >= 0.6 is 0 Å². The molecule has 1 aliphatic rings. The quantitative estimate of drug-likeness (QED) is 0.561. The highest BCUT2D eigenvalue weighted by Gasteiger charge is 2.32. The second-order valence-electron chi connectivity index (χ2n) is 3.53. The van der Waals surface area contributed by atoms with Gasteiger partial charge in [-0.1, -0.05) is 0 Å². The Bertz CT molecular complexity index is 136. The van der Waals surface area contributed by atoms with Gasteiger partial charge in [0.2, 0.25) is 0 Å². The normalized spacial score (nSPS) is 19.4. The predicted molar refractivity (Wildman–Crippen MR) is 51.5 cm³/mol. The Kier molecular flexibility index (Phi) is 4.66. The number of ether oxygens (including phenoxy) is 1. The van der Waals surface area contributed by atoms with Crippen molar-refractivity contribution < 1.29 is 9.84 Å². The predicted octanol–water partition coefficient (Wildman–Crippen LogP) is -0.583. The Morgan fingerprint density at radius 1 is 1.62 bits per heavy atom. The first kappa shape index (κ1) is 10.9. The van der Waals surface area contributed by atoms with E-state index in [-0.39, 0.29) is 12.6 Å². The summed E-state index contributed by atoms with van der Waals surface area (Å²) < 4.78 is 5.03. The number of hydrogen-bond acceptors (Lipinski definition) is 4. The van der Waals surface area contributed by atoms with Crippen molar-refractivity contribution in [2.75, 3.05) is 33.4 Å². The third kappa shape index (κ3) is 3.23. The molecular weight excluding hydrogens is 168 g/mol. The zero-order valence-electron chi connectivity index (χ0n) is 8.28. The fourth-order valence-electron chi connectivity index (χ4n) is 1.58. The van der Waals surface area contributed by atoms with E-state index in [1.807, 2.05) is 0 Å². The summed E-state index contributed by atoms with van der Waals surface area (Å²) in [5, 5.41) is 9.11. The second-order valence-corrected chi connectivity index (χ2v) is 3.53. The summed E-state index contributed by atoms with van der Waals surface area (Å²) in [6.07, 6.45) is 2.47. The van der Waals surface area contributed by atoms with Crippen LogP contribution in [0, 0.1) is 0 Å². The van der Waals surface area contributed by atoms with Crippen LogP contribution < -0.4 is 5.73 Å². The van der Waals surface area contributed by atoms with E-state index >= 15 is 0 Å². The fourth-order valence-corrected chi connectivity index (χ4v) is 1.58. The largest absolute Gasteiger partial charge is 0.395 e. The van der Waals surface area contributed by atoms with E-state index in [0.29, 0.717) is 19.2 Å². The highest BCUT2D eigenvalue weighted by atomic mass is 16.5. The molecule has 0 aromatic rings. The lowest BCUT2D eigenvalue weighted by molar-refractivity contribution is 0.0843. The molecular formula is C9H20N2O2. The Labute approximate surface area is 79.7 Å². The van der Waals surface area contributed by atoms with Gasteiger partial charge in [0.25, 0.3) is 0 Å². The van der Waals surface area contributed by atoms with E-state index in [2.05, 4.69) is 4.90 Å². The molecule has 0 aromatic carbocycles. The van der Waals surface area contributed by atoms with E-state index in [9.17, 15) is 0 Å². The zero-order chi connectivity index (χ0) is 9.68. The van der Waals surface area contributed by atoms with Gasteiger partial charge >= 0.3 is 0 Å². The molecule has 0 radical (unpaired) electrons. The van der Waals surface area contributed by atoms with Crippen LogP contribution in [-0.2, 0) is 4.74 Å². The maximum Gasteiger partial charge on any atom is 0.0599 e. The highest BCUT2D eigenvalue weighted by Crippen LogP contribution is 2.27. The molecule has 3 N–H and O–H groups in total. The van der Waals surface area contributed by atoms with Gasteiger partial charge in [0.05, 0.1) is 13.2 Å². The minimum Gasteiger partial charge on any atom is -0.395 e. The molecule has 0 bridgehead atoms. The number of rotatable bonds is 7. The van der Waals surface area contributed by atoms with Gasteiger partial charge < -0.3 is 15.6 Å². The molecule has 1 aliphatic carbocycles. The van der Waals surface area contributed by atoms with Crippen molar-refractivity contribution in [3.63, 3.8) is 0 Å². The third-order valence-corrected chi connectivity index (χ3v) is 2.52. The third-order valence-electron chi connectivity index (χ3n) is 2.52. The minimum atomic E-state index is 0.114. The van der Waals surface area contributed by atoms with Crippen LogP contribution in [0.4, 0.5) is 0 Å². The summed E-state index contributed by atoms with van der Waals surface area (Å²) in [4.78, 5) is 2.27. The number of aliphatic hydroxyl groups excluding tert-OH is 1. The molecule has 4 heteroatoms. The minimum absolute atomic E-state index is 0.114. The summed E-state index contributed by atoms with van der Waals surface area (Å²) in [6.45, 7) is 2.27.